The van der Waals surface area contributed by atoms with Crippen LogP contribution in [0.15, 0.2) is 71.8 Å². The summed E-state index contributed by atoms with van der Waals surface area (Å²) in [5.41, 5.74) is 9.23. The van der Waals surface area contributed by atoms with Crippen LogP contribution in [0.25, 0.3) is 16.9 Å². The van der Waals surface area contributed by atoms with E-state index in [0.29, 0.717) is 11.3 Å². The van der Waals surface area contributed by atoms with E-state index >= 15 is 0 Å². The van der Waals surface area contributed by atoms with Crippen LogP contribution in [0.5, 0.6) is 0 Å². The summed E-state index contributed by atoms with van der Waals surface area (Å²) in [6.45, 7) is 3.96. The molecule has 4 heterocycles. The highest BCUT2D eigenvalue weighted by atomic mass is 16.2. The molecule has 35 heavy (non-hydrogen) atoms. The van der Waals surface area contributed by atoms with Gasteiger partial charge in [-0.25, -0.2) is 14.3 Å². The van der Waals surface area contributed by atoms with Gasteiger partial charge in [-0.1, -0.05) is 31.0 Å². The Morgan fingerprint density at radius 1 is 1.17 bits per heavy atom. The topological polar surface area (TPSA) is 112 Å². The Kier molecular flexibility index (Phi) is 5.55. The highest BCUT2D eigenvalue weighted by Crippen LogP contribution is 2.21. The van der Waals surface area contributed by atoms with Gasteiger partial charge in [-0.3, -0.25) is 13.8 Å². The lowest BCUT2D eigenvalue weighted by atomic mass is 10.1. The van der Waals surface area contributed by atoms with Gasteiger partial charge < -0.3 is 11.1 Å². The van der Waals surface area contributed by atoms with Gasteiger partial charge in [0.05, 0.1) is 11.2 Å². The number of hydrogen-bond acceptors (Lipinski definition) is 5. The van der Waals surface area contributed by atoms with Crippen molar-refractivity contribution >= 4 is 22.9 Å². The molecule has 0 aliphatic heterocycles. The van der Waals surface area contributed by atoms with Gasteiger partial charge in [-0.2, -0.15) is 0 Å². The molecule has 0 aliphatic rings. The van der Waals surface area contributed by atoms with Gasteiger partial charge in [-0.15, -0.1) is 5.10 Å². The maximum Gasteiger partial charge on any atom is 0.338 e. The third-order valence-corrected chi connectivity index (χ3v) is 5.84. The monoisotopic (exact) mass is 465 g/mol. The lowest BCUT2D eigenvalue weighted by molar-refractivity contribution is 0.0953. The summed E-state index contributed by atoms with van der Waals surface area (Å²) in [4.78, 5) is 30.9. The standard InChI is InChI=1S/C26H23N7O2/c1-3-8-18-11-12-20-15-21(33(26(35)32(18)20)19-9-5-4-6-10-19)17(2)16-29-25(34)22-23(27)30-31-14-7-13-28-24(22)31/h4-7,9-15,17H,16H2,1-2H3,(H2,27,30)(H,29,34)/t17-/m0/s1. The van der Waals surface area contributed by atoms with E-state index in [4.69, 9.17) is 5.73 Å². The second-order valence-corrected chi connectivity index (χ2v) is 8.14. The molecule has 3 N–H and O–H groups in total. The SMILES string of the molecule is CC#Cc1ccc2cc([C@@H](C)CNC(=O)c3c(N)nn4cccnc34)n(-c3ccccc3)c(=O)n12. The molecule has 0 saturated heterocycles. The van der Waals surface area contributed by atoms with Crippen LogP contribution >= 0.6 is 0 Å². The largest absolute Gasteiger partial charge is 0.381 e. The van der Waals surface area contributed by atoms with E-state index in [1.54, 1.807) is 34.4 Å². The van der Waals surface area contributed by atoms with Gasteiger partial charge in [0, 0.05) is 30.6 Å². The zero-order valence-electron chi connectivity index (χ0n) is 19.3. The van der Waals surface area contributed by atoms with Gasteiger partial charge in [0.25, 0.3) is 5.91 Å². The number of carbonyl (C=O) groups is 1. The van der Waals surface area contributed by atoms with E-state index in [1.165, 1.54) is 4.52 Å². The van der Waals surface area contributed by atoms with Crippen LogP contribution in [0, 0.1) is 11.8 Å². The van der Waals surface area contributed by atoms with Crippen LogP contribution in [0.1, 0.15) is 41.5 Å². The van der Waals surface area contributed by atoms with E-state index in [0.717, 1.165) is 16.9 Å². The zero-order valence-corrected chi connectivity index (χ0v) is 19.3. The molecular weight excluding hydrogens is 442 g/mol. The molecule has 5 rings (SSSR count). The quantitative estimate of drug-likeness (QED) is 0.388. The van der Waals surface area contributed by atoms with E-state index < -0.39 is 0 Å². The number of fused-ring (bicyclic) bond motifs is 2. The number of hydrogen-bond donors (Lipinski definition) is 2. The smallest absolute Gasteiger partial charge is 0.338 e. The van der Waals surface area contributed by atoms with Crippen molar-refractivity contribution in [1.29, 1.82) is 0 Å². The fourth-order valence-corrected chi connectivity index (χ4v) is 4.19. The van der Waals surface area contributed by atoms with Crippen LogP contribution < -0.4 is 16.7 Å². The van der Waals surface area contributed by atoms with Crippen molar-refractivity contribution in [3.05, 3.63) is 94.4 Å². The van der Waals surface area contributed by atoms with Crippen molar-refractivity contribution in [2.24, 2.45) is 0 Å². The van der Waals surface area contributed by atoms with Gasteiger partial charge >= 0.3 is 5.69 Å². The third-order valence-electron chi connectivity index (χ3n) is 5.84. The first-order valence-electron chi connectivity index (χ1n) is 11.1. The molecule has 0 unspecified atom stereocenters. The summed E-state index contributed by atoms with van der Waals surface area (Å²) in [7, 11) is 0. The summed E-state index contributed by atoms with van der Waals surface area (Å²) in [5.74, 6) is 5.38. The summed E-state index contributed by atoms with van der Waals surface area (Å²) < 4.78 is 4.73. The second-order valence-electron chi connectivity index (χ2n) is 8.14. The molecule has 5 aromatic rings. The average Bonchev–Trinajstić information content (AvgIpc) is 3.43. The van der Waals surface area contributed by atoms with Crippen molar-refractivity contribution in [3.8, 4) is 17.5 Å². The summed E-state index contributed by atoms with van der Waals surface area (Å²) in [6.07, 6.45) is 3.26. The number of nitrogen functional groups attached to an aromatic ring is 1. The highest BCUT2D eigenvalue weighted by Gasteiger charge is 2.22. The molecule has 1 aromatic carbocycles. The predicted octanol–water partition coefficient (Wildman–Crippen LogP) is 2.62. The molecule has 9 heteroatoms. The minimum atomic E-state index is -0.374. The lowest BCUT2D eigenvalue weighted by Gasteiger charge is -2.20. The Hall–Kier alpha value is -4.84. The number of aromatic nitrogens is 5. The number of benzene rings is 1. The lowest BCUT2D eigenvalue weighted by Crippen LogP contribution is -2.33. The minimum absolute atomic E-state index is 0.106. The Labute approximate surface area is 200 Å². The first-order chi connectivity index (χ1) is 17.0. The number of carbonyl (C=O) groups excluding carboxylic acids is 1. The van der Waals surface area contributed by atoms with Gasteiger partial charge in [0.2, 0.25) is 0 Å². The molecule has 4 aromatic heterocycles. The van der Waals surface area contributed by atoms with E-state index in [1.807, 2.05) is 55.5 Å². The molecule has 0 spiro atoms. The van der Waals surface area contributed by atoms with E-state index in [-0.39, 0.29) is 35.4 Å². The highest BCUT2D eigenvalue weighted by molar-refractivity contribution is 6.04. The summed E-state index contributed by atoms with van der Waals surface area (Å²) in [5, 5.41) is 7.08. The maximum absolute atomic E-state index is 13.7. The first kappa shape index (κ1) is 22.0. The molecule has 0 fully saturated rings. The van der Waals surface area contributed by atoms with Crippen LogP contribution in [0.3, 0.4) is 0 Å². The van der Waals surface area contributed by atoms with Crippen molar-refractivity contribution in [3.63, 3.8) is 0 Å². The molecule has 9 nitrogen and oxygen atoms in total. The third kappa shape index (κ3) is 3.81. The number of anilines is 1. The van der Waals surface area contributed by atoms with Gasteiger partial charge in [-0.05, 0) is 49.2 Å². The molecule has 0 aliphatic carbocycles. The Balaban J connectivity index is 1.53. The summed E-state index contributed by atoms with van der Waals surface area (Å²) >= 11 is 0. The number of para-hydroxylation sites is 1. The van der Waals surface area contributed by atoms with Crippen molar-refractivity contribution in [2.75, 3.05) is 12.3 Å². The summed E-state index contributed by atoms with van der Waals surface area (Å²) in [6, 6.07) is 16.8. The zero-order chi connectivity index (χ0) is 24.5. The number of amides is 1. The van der Waals surface area contributed by atoms with Crippen LogP contribution in [-0.4, -0.2) is 36.0 Å². The predicted molar refractivity (Wildman–Crippen MR) is 134 cm³/mol. The Morgan fingerprint density at radius 2 is 1.97 bits per heavy atom. The van der Waals surface area contributed by atoms with Crippen molar-refractivity contribution in [1.82, 2.24) is 28.9 Å². The van der Waals surface area contributed by atoms with Crippen molar-refractivity contribution < 1.29 is 4.79 Å². The van der Waals surface area contributed by atoms with Gasteiger partial charge in [0.1, 0.15) is 11.3 Å². The fourth-order valence-electron chi connectivity index (χ4n) is 4.19. The van der Waals surface area contributed by atoms with Gasteiger partial charge in [0.15, 0.2) is 11.5 Å². The molecule has 0 saturated carbocycles. The van der Waals surface area contributed by atoms with Crippen LogP contribution in [-0.2, 0) is 0 Å². The maximum atomic E-state index is 13.7. The van der Waals surface area contributed by atoms with Crippen LogP contribution in [0.4, 0.5) is 5.82 Å². The molecule has 0 bridgehead atoms. The molecule has 0 radical (unpaired) electrons. The number of nitrogens with zero attached hydrogens (tertiary/aromatic N) is 5. The second kappa shape index (κ2) is 8.83. The number of nitrogens with one attached hydrogen (secondary N) is 1. The Bertz CT molecular complexity index is 1680. The molecule has 174 valence electrons. The Morgan fingerprint density at radius 3 is 2.74 bits per heavy atom. The van der Waals surface area contributed by atoms with Crippen molar-refractivity contribution in [2.45, 2.75) is 19.8 Å². The van der Waals surface area contributed by atoms with Crippen LogP contribution in [0.2, 0.25) is 0 Å². The average molecular weight is 466 g/mol. The number of rotatable bonds is 5. The molecule has 1 amide bonds. The number of nitrogens with two attached hydrogens (primary N) is 1. The fraction of sp³-hybridized carbons (Fsp3) is 0.154. The normalized spacial score (nSPS) is 11.8. The van der Waals surface area contributed by atoms with E-state index in [9.17, 15) is 9.59 Å². The first-order valence-corrected chi connectivity index (χ1v) is 11.1. The molecule has 1 atom stereocenters. The molecular formula is C26H23N7O2. The van der Waals surface area contributed by atoms with E-state index in [2.05, 4.69) is 27.2 Å². The minimum Gasteiger partial charge on any atom is -0.381 e.